The maximum absolute atomic E-state index is 12.7. The van der Waals surface area contributed by atoms with Gasteiger partial charge < -0.3 is 10.0 Å². The number of hydrogen-bond donors (Lipinski definition) is 1. The molecule has 1 N–H and O–H groups in total. The van der Waals surface area contributed by atoms with Crippen molar-refractivity contribution in [3.05, 3.63) is 107 Å². The molecule has 0 bridgehead atoms. The van der Waals surface area contributed by atoms with Crippen molar-refractivity contribution in [2.75, 3.05) is 26.2 Å². The molecule has 1 aliphatic heterocycles. The SMILES string of the molecule is CC(C)(CO)c1ccc(C(=O)CCCN2CCC(C(c3ccccc3)c3ccccc3)CC2)cc1. The molecule has 0 aliphatic carbocycles. The van der Waals surface area contributed by atoms with Crippen molar-refractivity contribution in [3.63, 3.8) is 0 Å². The van der Waals surface area contributed by atoms with Gasteiger partial charge in [0.15, 0.2) is 5.78 Å². The first-order chi connectivity index (χ1) is 17.0. The minimum Gasteiger partial charge on any atom is -0.395 e. The van der Waals surface area contributed by atoms with Gasteiger partial charge in [-0.25, -0.2) is 0 Å². The fraction of sp³-hybridized carbons (Fsp3) is 0.406. The van der Waals surface area contributed by atoms with Gasteiger partial charge in [-0.3, -0.25) is 4.79 Å². The van der Waals surface area contributed by atoms with E-state index in [4.69, 9.17) is 0 Å². The Morgan fingerprint density at radius 1 is 0.886 bits per heavy atom. The molecule has 184 valence electrons. The standard InChI is InChI=1S/C32H39NO2/c1-32(2,24-34)29-17-15-25(16-18-29)30(35)14-9-21-33-22-19-28(20-23-33)31(26-10-5-3-6-11-26)27-12-7-4-8-13-27/h3-8,10-13,15-18,28,31,34H,9,14,19-24H2,1-2H3. The Morgan fingerprint density at radius 3 is 1.94 bits per heavy atom. The highest BCUT2D eigenvalue weighted by Crippen LogP contribution is 2.38. The van der Waals surface area contributed by atoms with E-state index >= 15 is 0 Å². The number of ketones is 1. The van der Waals surface area contributed by atoms with Crippen molar-refractivity contribution in [2.24, 2.45) is 5.92 Å². The summed E-state index contributed by atoms with van der Waals surface area (Å²) < 4.78 is 0. The van der Waals surface area contributed by atoms with Crippen LogP contribution in [-0.2, 0) is 5.41 Å². The van der Waals surface area contributed by atoms with Gasteiger partial charge in [0.05, 0.1) is 6.61 Å². The summed E-state index contributed by atoms with van der Waals surface area (Å²) in [5.74, 6) is 1.29. The molecule has 0 spiro atoms. The molecule has 1 saturated heterocycles. The zero-order valence-electron chi connectivity index (χ0n) is 21.2. The summed E-state index contributed by atoms with van der Waals surface area (Å²) >= 11 is 0. The summed E-state index contributed by atoms with van der Waals surface area (Å²) in [6.07, 6.45) is 3.85. The summed E-state index contributed by atoms with van der Waals surface area (Å²) in [6.45, 7) is 7.29. The molecule has 0 unspecified atom stereocenters. The van der Waals surface area contributed by atoms with E-state index in [9.17, 15) is 9.90 Å². The molecule has 0 atom stereocenters. The molecule has 35 heavy (non-hydrogen) atoms. The topological polar surface area (TPSA) is 40.5 Å². The summed E-state index contributed by atoms with van der Waals surface area (Å²) in [6, 6.07) is 29.7. The quantitative estimate of drug-likeness (QED) is 0.346. The van der Waals surface area contributed by atoms with Crippen LogP contribution in [-0.4, -0.2) is 42.0 Å². The monoisotopic (exact) mass is 469 g/mol. The van der Waals surface area contributed by atoms with Gasteiger partial charge in [0.25, 0.3) is 0 Å². The minimum absolute atomic E-state index is 0.0917. The normalized spacial score (nSPS) is 15.4. The van der Waals surface area contributed by atoms with Gasteiger partial charge in [0.2, 0.25) is 0 Å². The lowest BCUT2D eigenvalue weighted by molar-refractivity contribution is 0.0969. The lowest BCUT2D eigenvalue weighted by Gasteiger charge is -2.36. The highest BCUT2D eigenvalue weighted by Gasteiger charge is 2.28. The fourth-order valence-corrected chi connectivity index (χ4v) is 5.37. The minimum atomic E-state index is -0.284. The molecule has 3 aromatic carbocycles. The van der Waals surface area contributed by atoms with Crippen molar-refractivity contribution in [1.82, 2.24) is 4.90 Å². The van der Waals surface area contributed by atoms with Crippen LogP contribution in [0.4, 0.5) is 0 Å². The van der Waals surface area contributed by atoms with E-state index < -0.39 is 0 Å². The summed E-state index contributed by atoms with van der Waals surface area (Å²) in [5, 5.41) is 9.56. The number of aliphatic hydroxyl groups excluding tert-OH is 1. The first kappa shape index (κ1) is 25.3. The van der Waals surface area contributed by atoms with Crippen molar-refractivity contribution in [1.29, 1.82) is 0 Å². The van der Waals surface area contributed by atoms with Crippen LogP contribution in [0.15, 0.2) is 84.9 Å². The first-order valence-electron chi connectivity index (χ1n) is 13.0. The predicted molar refractivity (Wildman–Crippen MR) is 144 cm³/mol. The Bertz CT molecular complexity index is 1010. The Morgan fingerprint density at radius 2 is 1.43 bits per heavy atom. The van der Waals surface area contributed by atoms with E-state index in [1.807, 2.05) is 38.1 Å². The molecule has 3 nitrogen and oxygen atoms in total. The predicted octanol–water partition coefficient (Wildman–Crippen LogP) is 6.46. The lowest BCUT2D eigenvalue weighted by Crippen LogP contribution is -2.36. The van der Waals surface area contributed by atoms with E-state index in [-0.39, 0.29) is 17.8 Å². The second-order valence-corrected chi connectivity index (χ2v) is 10.6. The average Bonchev–Trinajstić information content (AvgIpc) is 2.91. The number of rotatable bonds is 10. The number of nitrogens with zero attached hydrogens (tertiary/aromatic N) is 1. The van der Waals surface area contributed by atoms with Gasteiger partial charge >= 0.3 is 0 Å². The fourth-order valence-electron chi connectivity index (χ4n) is 5.37. The molecular formula is C32H39NO2. The van der Waals surface area contributed by atoms with Gasteiger partial charge in [-0.1, -0.05) is 98.8 Å². The number of aliphatic hydroxyl groups is 1. The third kappa shape index (κ3) is 6.48. The van der Waals surface area contributed by atoms with Crippen molar-refractivity contribution < 1.29 is 9.90 Å². The second kappa shape index (κ2) is 11.8. The number of carbonyl (C=O) groups is 1. The smallest absolute Gasteiger partial charge is 0.162 e. The van der Waals surface area contributed by atoms with Crippen LogP contribution in [0, 0.1) is 5.92 Å². The zero-order chi connectivity index (χ0) is 24.7. The molecule has 4 rings (SSSR count). The van der Waals surface area contributed by atoms with Gasteiger partial charge in [0.1, 0.15) is 0 Å². The highest BCUT2D eigenvalue weighted by molar-refractivity contribution is 5.96. The van der Waals surface area contributed by atoms with E-state index in [2.05, 4.69) is 65.6 Å². The van der Waals surface area contributed by atoms with E-state index in [0.717, 1.165) is 37.2 Å². The molecular weight excluding hydrogens is 430 g/mol. The summed E-state index contributed by atoms with van der Waals surface area (Å²) in [4.78, 5) is 15.2. The zero-order valence-corrected chi connectivity index (χ0v) is 21.2. The second-order valence-electron chi connectivity index (χ2n) is 10.6. The van der Waals surface area contributed by atoms with Gasteiger partial charge in [-0.15, -0.1) is 0 Å². The van der Waals surface area contributed by atoms with E-state index in [1.54, 1.807) is 0 Å². The molecule has 1 fully saturated rings. The van der Waals surface area contributed by atoms with E-state index in [1.165, 1.54) is 24.0 Å². The highest BCUT2D eigenvalue weighted by atomic mass is 16.3. The molecule has 3 aromatic rings. The maximum atomic E-state index is 12.7. The van der Waals surface area contributed by atoms with Crippen LogP contribution < -0.4 is 0 Å². The Labute approximate surface area is 210 Å². The number of benzene rings is 3. The molecule has 1 aliphatic rings. The third-order valence-corrected chi connectivity index (χ3v) is 7.68. The van der Waals surface area contributed by atoms with Crippen molar-refractivity contribution >= 4 is 5.78 Å². The molecule has 0 radical (unpaired) electrons. The Balaban J connectivity index is 1.28. The number of hydrogen-bond acceptors (Lipinski definition) is 3. The lowest BCUT2D eigenvalue weighted by atomic mass is 9.76. The summed E-state index contributed by atoms with van der Waals surface area (Å²) in [5.41, 5.74) is 4.37. The number of carbonyl (C=O) groups excluding carboxylic acids is 1. The Kier molecular flexibility index (Phi) is 8.54. The van der Waals surface area contributed by atoms with Crippen LogP contribution in [0.25, 0.3) is 0 Å². The van der Waals surface area contributed by atoms with Crippen LogP contribution in [0.3, 0.4) is 0 Å². The number of Topliss-reactive ketones (excluding diaryl/α,β-unsaturated/α-hetero) is 1. The molecule has 0 saturated carbocycles. The van der Waals surface area contributed by atoms with Crippen LogP contribution in [0.1, 0.15) is 72.5 Å². The molecule has 3 heteroatoms. The Hall–Kier alpha value is -2.75. The maximum Gasteiger partial charge on any atom is 0.162 e. The molecule has 0 aromatic heterocycles. The molecule has 1 heterocycles. The third-order valence-electron chi connectivity index (χ3n) is 7.68. The van der Waals surface area contributed by atoms with Crippen molar-refractivity contribution in [2.45, 2.75) is 50.9 Å². The van der Waals surface area contributed by atoms with Crippen LogP contribution in [0.5, 0.6) is 0 Å². The van der Waals surface area contributed by atoms with E-state index in [0.29, 0.717) is 18.3 Å². The number of likely N-dealkylation sites (tertiary alicyclic amines) is 1. The van der Waals surface area contributed by atoms with Gasteiger partial charge in [0, 0.05) is 23.3 Å². The van der Waals surface area contributed by atoms with Crippen LogP contribution in [0.2, 0.25) is 0 Å². The van der Waals surface area contributed by atoms with Crippen LogP contribution >= 0.6 is 0 Å². The number of piperidine rings is 1. The molecule has 0 amide bonds. The average molecular weight is 470 g/mol. The largest absolute Gasteiger partial charge is 0.395 e. The summed E-state index contributed by atoms with van der Waals surface area (Å²) in [7, 11) is 0. The first-order valence-corrected chi connectivity index (χ1v) is 13.0. The van der Waals surface area contributed by atoms with Gasteiger partial charge in [-0.2, -0.15) is 0 Å². The van der Waals surface area contributed by atoms with Gasteiger partial charge in [-0.05, 0) is 61.5 Å². The van der Waals surface area contributed by atoms with Crippen molar-refractivity contribution in [3.8, 4) is 0 Å².